The number of hydrogen-bond donors (Lipinski definition) is 1. The minimum absolute atomic E-state index is 0.251. The Balaban J connectivity index is 1.69. The first-order chi connectivity index (χ1) is 11.9. The molecular formula is C19H18F3NO2. The highest BCUT2D eigenvalue weighted by Gasteiger charge is 2.20. The molecule has 3 nitrogen and oxygen atoms in total. The predicted molar refractivity (Wildman–Crippen MR) is 86.9 cm³/mol. The molecule has 0 aromatic heterocycles. The molecule has 0 bridgehead atoms. The molecule has 1 aliphatic rings. The Labute approximate surface area is 143 Å². The number of benzene rings is 2. The normalized spacial score (nSPS) is 20.3. The first kappa shape index (κ1) is 17.5. The van der Waals surface area contributed by atoms with Crippen LogP contribution in [0.3, 0.4) is 0 Å². The SMILES string of the molecule is NC1CCC(c2ccc(C(=O)Oc3cc(F)c(F)c(F)c3)cc2)CC1. The lowest BCUT2D eigenvalue weighted by Gasteiger charge is -2.26. The molecule has 0 amide bonds. The van der Waals surface area contributed by atoms with E-state index in [2.05, 4.69) is 0 Å². The highest BCUT2D eigenvalue weighted by molar-refractivity contribution is 5.91. The summed E-state index contributed by atoms with van der Waals surface area (Å²) in [7, 11) is 0. The van der Waals surface area contributed by atoms with E-state index in [4.69, 9.17) is 10.5 Å². The van der Waals surface area contributed by atoms with Crippen molar-refractivity contribution in [2.45, 2.75) is 37.6 Å². The Morgan fingerprint density at radius 1 is 0.960 bits per heavy atom. The van der Waals surface area contributed by atoms with Gasteiger partial charge in [-0.2, -0.15) is 0 Å². The molecule has 1 saturated carbocycles. The number of nitrogens with two attached hydrogens (primary N) is 1. The van der Waals surface area contributed by atoms with E-state index in [9.17, 15) is 18.0 Å². The summed E-state index contributed by atoms with van der Waals surface area (Å²) in [5.74, 6) is -5.14. The van der Waals surface area contributed by atoms with E-state index in [-0.39, 0.29) is 17.4 Å². The van der Waals surface area contributed by atoms with Crippen molar-refractivity contribution in [3.05, 3.63) is 65.0 Å². The summed E-state index contributed by atoms with van der Waals surface area (Å²) in [6.45, 7) is 0. The van der Waals surface area contributed by atoms with Gasteiger partial charge in [0.1, 0.15) is 5.75 Å². The molecule has 6 heteroatoms. The maximum Gasteiger partial charge on any atom is 0.343 e. The van der Waals surface area contributed by atoms with Crippen LogP contribution >= 0.6 is 0 Å². The summed E-state index contributed by atoms with van der Waals surface area (Å²) < 4.78 is 44.2. The smallest absolute Gasteiger partial charge is 0.343 e. The lowest BCUT2D eigenvalue weighted by atomic mass is 9.82. The summed E-state index contributed by atoms with van der Waals surface area (Å²) in [6, 6.07) is 8.46. The van der Waals surface area contributed by atoms with Crippen LogP contribution in [-0.4, -0.2) is 12.0 Å². The maximum atomic E-state index is 13.2. The van der Waals surface area contributed by atoms with Crippen LogP contribution in [0.5, 0.6) is 5.75 Å². The fourth-order valence-electron chi connectivity index (χ4n) is 3.10. The first-order valence-corrected chi connectivity index (χ1v) is 8.16. The Kier molecular flexibility index (Phi) is 5.08. The van der Waals surface area contributed by atoms with Crippen molar-refractivity contribution in [2.24, 2.45) is 5.73 Å². The van der Waals surface area contributed by atoms with Gasteiger partial charge in [-0.3, -0.25) is 0 Å². The van der Waals surface area contributed by atoms with Crippen molar-refractivity contribution in [3.8, 4) is 5.75 Å². The third-order valence-corrected chi connectivity index (χ3v) is 4.56. The number of carbonyl (C=O) groups excluding carboxylic acids is 1. The zero-order valence-electron chi connectivity index (χ0n) is 13.5. The van der Waals surface area contributed by atoms with Gasteiger partial charge in [-0.15, -0.1) is 0 Å². The Hall–Kier alpha value is -2.34. The molecular weight excluding hydrogens is 331 g/mol. The van der Waals surface area contributed by atoms with E-state index < -0.39 is 23.4 Å². The molecule has 2 aromatic rings. The minimum Gasteiger partial charge on any atom is -0.423 e. The quantitative estimate of drug-likeness (QED) is 0.510. The van der Waals surface area contributed by atoms with Crippen molar-refractivity contribution < 1.29 is 22.7 Å². The molecule has 0 heterocycles. The van der Waals surface area contributed by atoms with E-state index in [0.717, 1.165) is 31.2 Å². The number of halogens is 3. The lowest BCUT2D eigenvalue weighted by molar-refractivity contribution is 0.0733. The van der Waals surface area contributed by atoms with Gasteiger partial charge in [0.25, 0.3) is 0 Å². The average Bonchev–Trinajstić information content (AvgIpc) is 2.60. The van der Waals surface area contributed by atoms with Crippen molar-refractivity contribution in [2.75, 3.05) is 0 Å². The van der Waals surface area contributed by atoms with E-state index in [0.29, 0.717) is 18.1 Å². The van der Waals surface area contributed by atoms with Crippen LogP contribution in [0.25, 0.3) is 0 Å². The zero-order chi connectivity index (χ0) is 18.0. The highest BCUT2D eigenvalue weighted by Crippen LogP contribution is 2.32. The van der Waals surface area contributed by atoms with Crippen molar-refractivity contribution >= 4 is 5.97 Å². The van der Waals surface area contributed by atoms with Gasteiger partial charge >= 0.3 is 5.97 Å². The second kappa shape index (κ2) is 7.27. The van der Waals surface area contributed by atoms with Gasteiger partial charge in [0.2, 0.25) is 0 Å². The number of esters is 1. The molecule has 0 unspecified atom stereocenters. The van der Waals surface area contributed by atoms with Crippen LogP contribution < -0.4 is 10.5 Å². The Morgan fingerprint density at radius 3 is 2.08 bits per heavy atom. The topological polar surface area (TPSA) is 52.3 Å². The zero-order valence-corrected chi connectivity index (χ0v) is 13.5. The van der Waals surface area contributed by atoms with Gasteiger partial charge in [0.15, 0.2) is 17.5 Å². The predicted octanol–water partition coefficient (Wildman–Crippen LogP) is 4.31. The van der Waals surface area contributed by atoms with E-state index >= 15 is 0 Å². The number of hydrogen-bond acceptors (Lipinski definition) is 3. The number of ether oxygens (including phenoxy) is 1. The van der Waals surface area contributed by atoms with Crippen LogP contribution in [0.4, 0.5) is 13.2 Å². The van der Waals surface area contributed by atoms with Gasteiger partial charge in [-0.05, 0) is 49.3 Å². The molecule has 2 aromatic carbocycles. The van der Waals surface area contributed by atoms with Crippen molar-refractivity contribution in [1.29, 1.82) is 0 Å². The number of carbonyl (C=O) groups is 1. The largest absolute Gasteiger partial charge is 0.423 e. The lowest BCUT2D eigenvalue weighted by Crippen LogP contribution is -2.25. The summed E-state index contributed by atoms with van der Waals surface area (Å²) >= 11 is 0. The fraction of sp³-hybridized carbons (Fsp3) is 0.316. The molecule has 1 aliphatic carbocycles. The highest BCUT2D eigenvalue weighted by atomic mass is 19.2. The second-order valence-electron chi connectivity index (χ2n) is 6.32. The van der Waals surface area contributed by atoms with Gasteiger partial charge < -0.3 is 10.5 Å². The van der Waals surface area contributed by atoms with Crippen LogP contribution in [0, 0.1) is 17.5 Å². The van der Waals surface area contributed by atoms with E-state index in [1.165, 1.54) is 0 Å². The standard InChI is InChI=1S/C19H18F3NO2/c20-16-9-15(10-17(21)18(16)22)25-19(24)13-3-1-11(2-4-13)12-5-7-14(23)8-6-12/h1-4,9-10,12,14H,5-8,23H2. The summed E-state index contributed by atoms with van der Waals surface area (Å²) in [5, 5.41) is 0. The molecule has 1 fully saturated rings. The molecule has 0 aliphatic heterocycles. The van der Waals surface area contributed by atoms with Crippen molar-refractivity contribution in [1.82, 2.24) is 0 Å². The third-order valence-electron chi connectivity index (χ3n) is 4.56. The Bertz CT molecular complexity index is 746. The molecule has 3 rings (SSSR count). The molecule has 0 radical (unpaired) electrons. The molecule has 0 saturated heterocycles. The minimum atomic E-state index is -1.60. The summed E-state index contributed by atoms with van der Waals surface area (Å²) in [4.78, 5) is 12.1. The monoisotopic (exact) mass is 349 g/mol. The molecule has 0 atom stereocenters. The van der Waals surface area contributed by atoms with Crippen LogP contribution in [0.2, 0.25) is 0 Å². The first-order valence-electron chi connectivity index (χ1n) is 8.16. The second-order valence-corrected chi connectivity index (χ2v) is 6.32. The Morgan fingerprint density at radius 2 is 1.52 bits per heavy atom. The van der Waals surface area contributed by atoms with E-state index in [1.807, 2.05) is 12.1 Å². The third kappa shape index (κ3) is 4.02. The molecule has 2 N–H and O–H groups in total. The fourth-order valence-corrected chi connectivity index (χ4v) is 3.10. The molecule has 132 valence electrons. The van der Waals surface area contributed by atoms with Crippen LogP contribution in [0.15, 0.2) is 36.4 Å². The van der Waals surface area contributed by atoms with Gasteiger partial charge in [0, 0.05) is 18.2 Å². The summed E-state index contributed by atoms with van der Waals surface area (Å²) in [5.41, 5.74) is 7.28. The summed E-state index contributed by atoms with van der Waals surface area (Å²) in [6.07, 6.45) is 3.99. The van der Waals surface area contributed by atoms with Crippen LogP contribution in [-0.2, 0) is 0 Å². The van der Waals surface area contributed by atoms with Gasteiger partial charge in [-0.1, -0.05) is 12.1 Å². The van der Waals surface area contributed by atoms with E-state index in [1.54, 1.807) is 12.1 Å². The van der Waals surface area contributed by atoms with Gasteiger partial charge in [0.05, 0.1) is 5.56 Å². The molecule has 25 heavy (non-hydrogen) atoms. The van der Waals surface area contributed by atoms with Crippen molar-refractivity contribution in [3.63, 3.8) is 0 Å². The molecule has 0 spiro atoms. The maximum absolute atomic E-state index is 13.2. The number of rotatable bonds is 3. The average molecular weight is 349 g/mol. The van der Waals surface area contributed by atoms with Crippen LogP contribution in [0.1, 0.15) is 47.5 Å². The van der Waals surface area contributed by atoms with Gasteiger partial charge in [-0.25, -0.2) is 18.0 Å².